The van der Waals surface area contributed by atoms with Crippen molar-refractivity contribution in [1.29, 1.82) is 0 Å². The first-order valence-electron chi connectivity index (χ1n) is 6.87. The van der Waals surface area contributed by atoms with Crippen LogP contribution < -0.4 is 10.2 Å². The van der Waals surface area contributed by atoms with E-state index in [1.165, 1.54) is 12.1 Å². The molecule has 1 saturated heterocycles. The normalized spacial score (nSPS) is 24.6. The van der Waals surface area contributed by atoms with E-state index in [9.17, 15) is 0 Å². The van der Waals surface area contributed by atoms with E-state index in [0.29, 0.717) is 18.0 Å². The molecule has 0 saturated carbocycles. The maximum absolute atomic E-state index is 6.12. The molecule has 0 aliphatic carbocycles. The Morgan fingerprint density at radius 3 is 2.83 bits per heavy atom. The van der Waals surface area contributed by atoms with Gasteiger partial charge in [-0.15, -0.1) is 0 Å². The highest BCUT2D eigenvalue weighted by Crippen LogP contribution is 2.26. The van der Waals surface area contributed by atoms with Crippen LogP contribution in [0.25, 0.3) is 0 Å². The summed E-state index contributed by atoms with van der Waals surface area (Å²) in [6.45, 7) is 8.94. The van der Waals surface area contributed by atoms with Crippen LogP contribution >= 0.6 is 11.6 Å². The molecule has 18 heavy (non-hydrogen) atoms. The van der Waals surface area contributed by atoms with Crippen molar-refractivity contribution in [3.63, 3.8) is 0 Å². The van der Waals surface area contributed by atoms with E-state index in [2.05, 4.69) is 43.1 Å². The standard InChI is InChI=1S/C15H23ClN2/c1-4-13-10-18(15(9-17-13)11(2)3)14-7-5-6-12(16)8-14/h5-8,11,13,15,17H,4,9-10H2,1-3H3. The zero-order chi connectivity index (χ0) is 13.1. The Kier molecular flexibility index (Phi) is 4.52. The summed E-state index contributed by atoms with van der Waals surface area (Å²) in [5.74, 6) is 0.634. The molecule has 1 aromatic rings. The molecule has 0 amide bonds. The Bertz CT molecular complexity index is 392. The van der Waals surface area contributed by atoms with Gasteiger partial charge in [0.25, 0.3) is 0 Å². The molecule has 1 aliphatic heterocycles. The van der Waals surface area contributed by atoms with E-state index in [-0.39, 0.29) is 0 Å². The summed E-state index contributed by atoms with van der Waals surface area (Å²) in [4.78, 5) is 2.52. The lowest BCUT2D eigenvalue weighted by Crippen LogP contribution is -2.58. The van der Waals surface area contributed by atoms with Gasteiger partial charge in [0.15, 0.2) is 0 Å². The number of piperazine rings is 1. The predicted molar refractivity (Wildman–Crippen MR) is 79.5 cm³/mol. The molecule has 0 aromatic heterocycles. The fourth-order valence-electron chi connectivity index (χ4n) is 2.66. The first-order valence-corrected chi connectivity index (χ1v) is 7.25. The van der Waals surface area contributed by atoms with Crippen molar-refractivity contribution < 1.29 is 0 Å². The Labute approximate surface area is 115 Å². The first-order chi connectivity index (χ1) is 8.61. The van der Waals surface area contributed by atoms with Gasteiger partial charge in [-0.05, 0) is 30.5 Å². The van der Waals surface area contributed by atoms with Crippen LogP contribution in [-0.2, 0) is 0 Å². The summed E-state index contributed by atoms with van der Waals surface area (Å²) < 4.78 is 0. The summed E-state index contributed by atoms with van der Waals surface area (Å²) in [5.41, 5.74) is 1.25. The summed E-state index contributed by atoms with van der Waals surface area (Å²) in [6, 6.07) is 9.35. The molecule has 1 aromatic carbocycles. The monoisotopic (exact) mass is 266 g/mol. The van der Waals surface area contributed by atoms with Crippen molar-refractivity contribution in [3.8, 4) is 0 Å². The molecular formula is C15H23ClN2. The highest BCUT2D eigenvalue weighted by Gasteiger charge is 2.29. The highest BCUT2D eigenvalue weighted by atomic mass is 35.5. The van der Waals surface area contributed by atoms with Crippen molar-refractivity contribution in [2.75, 3.05) is 18.0 Å². The van der Waals surface area contributed by atoms with Gasteiger partial charge in [0.1, 0.15) is 0 Å². The van der Waals surface area contributed by atoms with Gasteiger partial charge >= 0.3 is 0 Å². The van der Waals surface area contributed by atoms with Crippen LogP contribution in [0.3, 0.4) is 0 Å². The van der Waals surface area contributed by atoms with Gasteiger partial charge < -0.3 is 10.2 Å². The van der Waals surface area contributed by atoms with Crippen molar-refractivity contribution in [2.45, 2.75) is 39.3 Å². The minimum absolute atomic E-state index is 0.547. The summed E-state index contributed by atoms with van der Waals surface area (Å²) in [7, 11) is 0. The lowest BCUT2D eigenvalue weighted by Gasteiger charge is -2.44. The van der Waals surface area contributed by atoms with Crippen LogP contribution in [0.5, 0.6) is 0 Å². The Balaban J connectivity index is 2.24. The second-order valence-electron chi connectivity index (χ2n) is 5.46. The van der Waals surface area contributed by atoms with Crippen molar-refractivity contribution in [1.82, 2.24) is 5.32 Å². The Morgan fingerprint density at radius 2 is 2.22 bits per heavy atom. The average Bonchev–Trinajstić information content (AvgIpc) is 2.38. The van der Waals surface area contributed by atoms with Crippen LogP contribution in [-0.4, -0.2) is 25.2 Å². The zero-order valence-electron chi connectivity index (χ0n) is 11.5. The van der Waals surface area contributed by atoms with Gasteiger partial charge in [0.2, 0.25) is 0 Å². The summed E-state index contributed by atoms with van der Waals surface area (Å²) in [6.07, 6.45) is 1.17. The predicted octanol–water partition coefficient (Wildman–Crippen LogP) is 3.55. The molecule has 100 valence electrons. The van der Waals surface area contributed by atoms with E-state index >= 15 is 0 Å². The van der Waals surface area contributed by atoms with Gasteiger partial charge in [-0.2, -0.15) is 0 Å². The number of anilines is 1. The minimum atomic E-state index is 0.547. The second-order valence-corrected chi connectivity index (χ2v) is 5.89. The van der Waals surface area contributed by atoms with E-state index in [0.717, 1.165) is 18.1 Å². The lowest BCUT2D eigenvalue weighted by molar-refractivity contribution is 0.333. The number of nitrogens with one attached hydrogen (secondary N) is 1. The van der Waals surface area contributed by atoms with Gasteiger partial charge in [-0.1, -0.05) is 38.4 Å². The molecule has 1 heterocycles. The molecule has 2 rings (SSSR count). The van der Waals surface area contributed by atoms with Crippen LogP contribution in [0.4, 0.5) is 5.69 Å². The number of hydrogen-bond acceptors (Lipinski definition) is 2. The number of benzene rings is 1. The molecule has 0 spiro atoms. The zero-order valence-corrected chi connectivity index (χ0v) is 12.2. The third kappa shape index (κ3) is 2.99. The van der Waals surface area contributed by atoms with Crippen molar-refractivity contribution in [3.05, 3.63) is 29.3 Å². The molecule has 2 unspecified atom stereocenters. The molecular weight excluding hydrogens is 244 g/mol. The lowest BCUT2D eigenvalue weighted by atomic mass is 9.97. The smallest absolute Gasteiger partial charge is 0.0438 e. The summed E-state index contributed by atoms with van der Waals surface area (Å²) in [5, 5.41) is 4.46. The molecule has 0 radical (unpaired) electrons. The number of hydrogen-bond donors (Lipinski definition) is 1. The highest BCUT2D eigenvalue weighted by molar-refractivity contribution is 6.30. The second kappa shape index (κ2) is 5.94. The molecule has 2 nitrogen and oxygen atoms in total. The van der Waals surface area contributed by atoms with Crippen molar-refractivity contribution in [2.24, 2.45) is 5.92 Å². The maximum atomic E-state index is 6.12. The minimum Gasteiger partial charge on any atom is -0.365 e. The molecule has 0 bridgehead atoms. The SMILES string of the molecule is CCC1CN(c2cccc(Cl)c2)C(C(C)C)CN1. The van der Waals surface area contributed by atoms with Gasteiger partial charge in [-0.25, -0.2) is 0 Å². The third-order valence-electron chi connectivity index (χ3n) is 3.84. The maximum Gasteiger partial charge on any atom is 0.0438 e. The molecule has 2 atom stereocenters. The topological polar surface area (TPSA) is 15.3 Å². The fourth-order valence-corrected chi connectivity index (χ4v) is 2.84. The number of rotatable bonds is 3. The van der Waals surface area contributed by atoms with E-state index in [1.807, 2.05) is 12.1 Å². The van der Waals surface area contributed by atoms with Gasteiger partial charge in [0.05, 0.1) is 0 Å². The summed E-state index contributed by atoms with van der Waals surface area (Å²) >= 11 is 6.12. The average molecular weight is 267 g/mol. The molecule has 1 N–H and O–H groups in total. The van der Waals surface area contributed by atoms with Crippen LogP contribution in [0.15, 0.2) is 24.3 Å². The third-order valence-corrected chi connectivity index (χ3v) is 4.07. The van der Waals surface area contributed by atoms with Gasteiger partial charge in [0, 0.05) is 35.9 Å². The van der Waals surface area contributed by atoms with Crippen molar-refractivity contribution >= 4 is 17.3 Å². The van der Waals surface area contributed by atoms with Gasteiger partial charge in [-0.3, -0.25) is 0 Å². The van der Waals surface area contributed by atoms with E-state index in [1.54, 1.807) is 0 Å². The van der Waals surface area contributed by atoms with Crippen LogP contribution in [0.1, 0.15) is 27.2 Å². The molecule has 3 heteroatoms. The van der Waals surface area contributed by atoms with Crippen LogP contribution in [0, 0.1) is 5.92 Å². The molecule has 1 aliphatic rings. The van der Waals surface area contributed by atoms with E-state index < -0.39 is 0 Å². The van der Waals surface area contributed by atoms with E-state index in [4.69, 9.17) is 11.6 Å². The fraction of sp³-hybridized carbons (Fsp3) is 0.600. The largest absolute Gasteiger partial charge is 0.365 e. The molecule has 1 fully saturated rings. The Morgan fingerprint density at radius 1 is 1.44 bits per heavy atom. The number of halogens is 1. The first kappa shape index (κ1) is 13.7. The Hall–Kier alpha value is -0.730. The number of nitrogens with zero attached hydrogens (tertiary/aromatic N) is 1. The quantitative estimate of drug-likeness (QED) is 0.900. The van der Waals surface area contributed by atoms with Crippen LogP contribution in [0.2, 0.25) is 5.02 Å².